The van der Waals surface area contributed by atoms with Crippen molar-refractivity contribution in [2.75, 3.05) is 40.9 Å². The van der Waals surface area contributed by atoms with Crippen LogP contribution in [0, 0.1) is 0 Å². The Morgan fingerprint density at radius 1 is 0.480 bits per heavy atom. The van der Waals surface area contributed by atoms with Crippen molar-refractivity contribution < 1.29 is 37.3 Å². The molecular weight excluding hydrogens is 952 g/mol. The van der Waals surface area contributed by atoms with Gasteiger partial charge in [0.15, 0.2) is 0 Å². The Balaban J connectivity index is 5.46. The zero-order valence-corrected chi connectivity index (χ0v) is 49.3. The number of rotatable bonds is 51. The molecule has 0 bridgehead atoms. The third-order valence-electron chi connectivity index (χ3n) is 12.1. The van der Waals surface area contributed by atoms with Crippen molar-refractivity contribution in [3.05, 3.63) is 134 Å². The molecule has 0 heterocycles. The number of nitrogens with one attached hydrogen (secondary N) is 1. The molecular formula is C65H109N2O7P. The topological polar surface area (TPSA) is 114 Å². The minimum atomic E-state index is -4.73. The van der Waals surface area contributed by atoms with E-state index in [-0.39, 0.29) is 25.4 Å². The first-order chi connectivity index (χ1) is 36.4. The molecule has 0 spiro atoms. The summed E-state index contributed by atoms with van der Waals surface area (Å²) in [6, 6.07) is -0.944. The molecule has 0 saturated carbocycles. The maximum atomic E-state index is 13.5. The van der Waals surface area contributed by atoms with E-state index in [1.54, 1.807) is 6.08 Å². The first-order valence-electron chi connectivity index (χ1n) is 29.5. The number of unbranched alkanes of at least 4 members (excludes halogenated alkanes) is 15. The minimum absolute atomic E-state index is 0.0472. The predicted molar refractivity (Wildman–Crippen MR) is 320 cm³/mol. The smallest absolute Gasteiger partial charge is 0.306 e. The lowest BCUT2D eigenvalue weighted by Gasteiger charge is -2.30. The number of amides is 1. The van der Waals surface area contributed by atoms with Gasteiger partial charge in [-0.15, -0.1) is 0 Å². The second kappa shape index (κ2) is 53.5. The van der Waals surface area contributed by atoms with Crippen LogP contribution in [0.2, 0.25) is 0 Å². The van der Waals surface area contributed by atoms with Gasteiger partial charge in [-0.25, -0.2) is 0 Å². The second-order valence-corrected chi connectivity index (χ2v) is 21.8. The number of ether oxygens (including phenoxy) is 1. The van der Waals surface area contributed by atoms with Crippen molar-refractivity contribution in [3.63, 3.8) is 0 Å². The molecule has 1 N–H and O–H groups in total. The first-order valence-corrected chi connectivity index (χ1v) is 31.0. The summed E-state index contributed by atoms with van der Waals surface area (Å²) in [7, 11) is 1.10. The zero-order chi connectivity index (χ0) is 55.0. The second-order valence-electron chi connectivity index (χ2n) is 20.4. The van der Waals surface area contributed by atoms with Crippen LogP contribution in [0.4, 0.5) is 0 Å². The Labute approximate surface area is 460 Å². The molecule has 1 amide bonds. The number of allylic oxidation sites excluding steroid dienone is 21. The van der Waals surface area contributed by atoms with Crippen molar-refractivity contribution >= 4 is 19.7 Å². The van der Waals surface area contributed by atoms with Crippen molar-refractivity contribution in [2.45, 2.75) is 226 Å². The molecule has 0 rings (SSSR count). The quantitative estimate of drug-likeness (QED) is 0.0212. The maximum Gasteiger partial charge on any atom is 0.306 e. The molecule has 0 aliphatic carbocycles. The van der Waals surface area contributed by atoms with E-state index in [9.17, 15) is 19.0 Å². The molecule has 9 nitrogen and oxygen atoms in total. The molecule has 0 aromatic carbocycles. The summed E-state index contributed by atoms with van der Waals surface area (Å²) in [4.78, 5) is 39.9. The molecule has 0 aromatic heterocycles. The van der Waals surface area contributed by atoms with Crippen LogP contribution < -0.4 is 10.2 Å². The van der Waals surface area contributed by atoms with Gasteiger partial charge in [0.1, 0.15) is 19.3 Å². The highest BCUT2D eigenvalue weighted by molar-refractivity contribution is 7.45. The Morgan fingerprint density at radius 3 is 1.33 bits per heavy atom. The number of likely N-dealkylation sites (N-methyl/N-ethyl adjacent to an activating group) is 1. The van der Waals surface area contributed by atoms with E-state index in [1.807, 2.05) is 27.2 Å². The van der Waals surface area contributed by atoms with E-state index in [2.05, 4.69) is 148 Å². The molecule has 0 aliphatic rings. The van der Waals surface area contributed by atoms with Crippen LogP contribution in [0.3, 0.4) is 0 Å². The molecule has 10 heteroatoms. The van der Waals surface area contributed by atoms with E-state index in [0.29, 0.717) is 23.9 Å². The molecule has 0 aromatic rings. The number of hydrogen-bond acceptors (Lipinski definition) is 7. The maximum absolute atomic E-state index is 13.5. The third kappa shape index (κ3) is 54.7. The fraction of sp³-hybridized carbons (Fsp3) is 0.631. The van der Waals surface area contributed by atoms with Gasteiger partial charge in [-0.3, -0.25) is 14.2 Å². The number of phosphoric ester groups is 1. The largest absolute Gasteiger partial charge is 0.756 e. The number of quaternary nitrogens is 1. The lowest BCUT2D eigenvalue weighted by molar-refractivity contribution is -0.870. The molecule has 0 saturated heterocycles. The highest BCUT2D eigenvalue weighted by Crippen LogP contribution is 2.38. The number of phosphoric acid groups is 1. The van der Waals surface area contributed by atoms with Crippen LogP contribution in [-0.4, -0.2) is 69.4 Å². The highest BCUT2D eigenvalue weighted by Gasteiger charge is 2.27. The van der Waals surface area contributed by atoms with Crippen molar-refractivity contribution in [3.8, 4) is 0 Å². The van der Waals surface area contributed by atoms with Crippen LogP contribution in [0.25, 0.3) is 0 Å². The van der Waals surface area contributed by atoms with E-state index in [0.717, 1.165) is 103 Å². The minimum Gasteiger partial charge on any atom is -0.756 e. The Hall–Kier alpha value is -3.85. The molecule has 3 unspecified atom stereocenters. The van der Waals surface area contributed by atoms with Crippen LogP contribution >= 0.6 is 7.82 Å². The lowest BCUT2D eigenvalue weighted by atomic mass is 10.1. The number of hydrogen-bond donors (Lipinski definition) is 1. The standard InChI is InChI=1S/C65H109N2O7P/c1-7-10-13-16-19-22-25-27-29-31-32-33-34-36-38-40-43-46-49-52-55-58-65(69)74-63(56-53-50-47-44-41-24-21-18-15-12-9-3)62(61-73-75(70,71)72-60-59-67(4,5)6)66-64(68)57-54-51-48-45-42-39-37-35-30-28-26-23-20-17-14-11-8-2/h10,13,19-20,22-23,27-30,32-33,36-39,43,45-46,48,53,56,62-63H,7-9,11-12,14-18,21,24-26,31,34-35,40-42,44,47,49-52,54-55,57-61H2,1-6H3,(H-,66,68,70,71)/b13-10-,22-19-,23-20-,29-27-,30-28-,33-32-,38-36-,39-37-,46-43-,48-45-,56-53+. The van der Waals surface area contributed by atoms with E-state index in [4.69, 9.17) is 13.8 Å². The van der Waals surface area contributed by atoms with Gasteiger partial charge in [0, 0.05) is 12.8 Å². The van der Waals surface area contributed by atoms with Crippen LogP contribution in [-0.2, 0) is 27.9 Å². The average molecular weight is 1060 g/mol. The summed E-state index contributed by atoms with van der Waals surface area (Å²) >= 11 is 0. The van der Waals surface area contributed by atoms with Crippen LogP contribution in [0.5, 0.6) is 0 Å². The van der Waals surface area contributed by atoms with Gasteiger partial charge >= 0.3 is 5.97 Å². The van der Waals surface area contributed by atoms with Gasteiger partial charge in [0.25, 0.3) is 7.82 Å². The molecule has 0 aliphatic heterocycles. The number of carbonyl (C=O) groups excluding carboxylic acids is 2. The van der Waals surface area contributed by atoms with Crippen molar-refractivity contribution in [2.24, 2.45) is 0 Å². The van der Waals surface area contributed by atoms with Gasteiger partial charge < -0.3 is 28.5 Å². The summed E-state index contributed by atoms with van der Waals surface area (Å²) in [5, 5.41) is 2.97. The van der Waals surface area contributed by atoms with Crippen molar-refractivity contribution in [1.29, 1.82) is 0 Å². The fourth-order valence-corrected chi connectivity index (χ4v) is 8.24. The van der Waals surface area contributed by atoms with Gasteiger partial charge in [-0.2, -0.15) is 0 Å². The molecule has 0 fully saturated rings. The summed E-state index contributed by atoms with van der Waals surface area (Å²) in [5.74, 6) is -0.671. The molecule has 426 valence electrons. The number of carbonyl (C=O) groups is 2. The monoisotopic (exact) mass is 1060 g/mol. The molecule has 75 heavy (non-hydrogen) atoms. The summed E-state index contributed by atoms with van der Waals surface area (Å²) < 4.78 is 30.2. The number of nitrogens with zero attached hydrogens (tertiary/aromatic N) is 1. The van der Waals surface area contributed by atoms with Crippen LogP contribution in [0.15, 0.2) is 134 Å². The van der Waals surface area contributed by atoms with E-state index >= 15 is 0 Å². The molecule has 0 radical (unpaired) electrons. The Morgan fingerprint density at radius 2 is 0.867 bits per heavy atom. The normalized spacial score (nSPS) is 14.7. The summed E-state index contributed by atoms with van der Waals surface area (Å²) in [6.45, 7) is 6.59. The lowest BCUT2D eigenvalue weighted by Crippen LogP contribution is -2.47. The summed E-state index contributed by atoms with van der Waals surface area (Å²) in [5.41, 5.74) is 0. The third-order valence-corrected chi connectivity index (χ3v) is 13.0. The van der Waals surface area contributed by atoms with Gasteiger partial charge in [-0.05, 0) is 122 Å². The van der Waals surface area contributed by atoms with Gasteiger partial charge in [0.05, 0.1) is 33.8 Å². The predicted octanol–water partition coefficient (Wildman–Crippen LogP) is 17.5. The van der Waals surface area contributed by atoms with Crippen LogP contribution in [0.1, 0.15) is 213 Å². The summed E-state index contributed by atoms with van der Waals surface area (Å²) in [6.07, 6.45) is 75.8. The van der Waals surface area contributed by atoms with Gasteiger partial charge in [0.2, 0.25) is 5.91 Å². The van der Waals surface area contributed by atoms with Gasteiger partial charge in [-0.1, -0.05) is 213 Å². The number of esters is 1. The highest BCUT2D eigenvalue weighted by atomic mass is 31.2. The molecule has 3 atom stereocenters. The first kappa shape index (κ1) is 71.2. The fourth-order valence-electron chi connectivity index (χ4n) is 7.51. The van der Waals surface area contributed by atoms with Crippen molar-refractivity contribution in [1.82, 2.24) is 5.32 Å². The zero-order valence-electron chi connectivity index (χ0n) is 48.4. The Bertz CT molecular complexity index is 1740. The SMILES string of the molecule is CC/C=C\C/C=C\C/C=C\C/C=C\C/C=C\C/C=C\CCCCC(=O)OC(/C=C/CCCCCCCCCCC)C(COP(=O)([O-])OCC[N+](C)(C)C)NC(=O)CCC/C=C\C/C=C\C/C=C\C/C=C\CCCCC. The van der Waals surface area contributed by atoms with E-state index in [1.165, 1.54) is 64.2 Å². The van der Waals surface area contributed by atoms with E-state index < -0.39 is 32.5 Å². The average Bonchev–Trinajstić information content (AvgIpc) is 3.37. The Kier molecular flexibility index (Phi) is 50.8.